The lowest BCUT2D eigenvalue weighted by Crippen LogP contribution is -2.74. The summed E-state index contributed by atoms with van der Waals surface area (Å²) in [6.07, 6.45) is -2.12. The van der Waals surface area contributed by atoms with Crippen molar-refractivity contribution >= 4 is 23.9 Å². The number of rotatable bonds is 7. The van der Waals surface area contributed by atoms with Crippen LogP contribution in [0.4, 0.5) is 0 Å². The fraction of sp³-hybridized carbons (Fsp3) is 0.538. The van der Waals surface area contributed by atoms with Crippen LogP contribution in [0.2, 0.25) is 0 Å². The maximum atomic E-state index is 13.0. The number of likely N-dealkylation sites (N-methyl/N-ethyl adjacent to an activating group) is 1. The maximum absolute atomic E-state index is 13.0. The van der Waals surface area contributed by atoms with Crippen molar-refractivity contribution in [3.05, 3.63) is 35.1 Å². The molecule has 0 saturated carbocycles. The molecule has 12 nitrogen and oxygen atoms in total. The van der Waals surface area contributed by atoms with Gasteiger partial charge in [0.25, 0.3) is 0 Å². The van der Waals surface area contributed by atoms with Gasteiger partial charge in [-0.25, -0.2) is 9.59 Å². The molecule has 4 aliphatic rings. The summed E-state index contributed by atoms with van der Waals surface area (Å²) in [5, 5.41) is 31.7. The zero-order valence-corrected chi connectivity index (χ0v) is 21.1. The van der Waals surface area contributed by atoms with Crippen LogP contribution in [0, 0.1) is 0 Å². The molecule has 0 unspecified atom stereocenters. The largest absolute Gasteiger partial charge is 0.504 e. The SMILES string of the molecule is CC(=O)O[C@@H](CC(=O)OC1=CC[C@@]2(O)[C@@H]3Cc4ccc(O)c5c4[C@@]2(CCN3C)[C@H]1O5)C(=O)O[C@@H](C)C(=O)O. The third-order valence-corrected chi connectivity index (χ3v) is 8.15. The zero-order valence-electron chi connectivity index (χ0n) is 21.1. The Morgan fingerprint density at radius 3 is 2.66 bits per heavy atom. The van der Waals surface area contributed by atoms with E-state index in [4.69, 9.17) is 24.1 Å². The van der Waals surface area contributed by atoms with E-state index in [0.717, 1.165) is 25.0 Å². The number of carbonyl (C=O) groups excluding carboxylic acids is 3. The van der Waals surface area contributed by atoms with Gasteiger partial charge in [-0.2, -0.15) is 0 Å². The molecular weight excluding hydrogens is 502 g/mol. The van der Waals surface area contributed by atoms with Crippen LogP contribution in [0.3, 0.4) is 0 Å². The van der Waals surface area contributed by atoms with Gasteiger partial charge in [-0.05, 0) is 51.1 Å². The van der Waals surface area contributed by atoms with E-state index >= 15 is 0 Å². The van der Waals surface area contributed by atoms with Crippen LogP contribution in [-0.2, 0) is 45.2 Å². The molecule has 0 radical (unpaired) electrons. The third-order valence-electron chi connectivity index (χ3n) is 8.15. The molecule has 0 amide bonds. The van der Waals surface area contributed by atoms with Gasteiger partial charge in [0, 0.05) is 24.9 Å². The molecule has 2 aliphatic carbocycles. The lowest BCUT2D eigenvalue weighted by Gasteiger charge is -2.61. The van der Waals surface area contributed by atoms with E-state index in [1.54, 1.807) is 12.1 Å². The first-order valence-electron chi connectivity index (χ1n) is 12.3. The van der Waals surface area contributed by atoms with Crippen molar-refractivity contribution in [2.75, 3.05) is 13.6 Å². The van der Waals surface area contributed by atoms with E-state index in [0.29, 0.717) is 19.4 Å². The number of aromatic hydroxyl groups is 1. The Balaban J connectivity index is 1.43. The zero-order chi connectivity index (χ0) is 27.6. The van der Waals surface area contributed by atoms with Crippen LogP contribution in [-0.4, -0.2) is 87.6 Å². The number of ether oxygens (including phenoxy) is 4. The summed E-state index contributed by atoms with van der Waals surface area (Å²) in [4.78, 5) is 50.1. The van der Waals surface area contributed by atoms with Gasteiger partial charge in [-0.15, -0.1) is 0 Å². The smallest absolute Gasteiger partial charge is 0.348 e. The lowest BCUT2D eigenvalue weighted by atomic mass is 9.50. The van der Waals surface area contributed by atoms with Gasteiger partial charge in [-0.1, -0.05) is 6.07 Å². The number of nitrogens with zero attached hydrogens (tertiary/aromatic N) is 1. The fourth-order valence-electron chi connectivity index (χ4n) is 6.44. The molecule has 0 aromatic heterocycles. The number of carboxylic acids is 1. The van der Waals surface area contributed by atoms with Crippen molar-refractivity contribution < 1.29 is 53.4 Å². The molecule has 1 fully saturated rings. The number of likely N-dealkylation sites (tertiary alicyclic amines) is 1. The Hall–Kier alpha value is -3.64. The number of benzene rings is 1. The van der Waals surface area contributed by atoms with Gasteiger partial charge >= 0.3 is 23.9 Å². The number of phenolic OH excluding ortho intramolecular Hbond substituents is 1. The molecule has 38 heavy (non-hydrogen) atoms. The average Bonchev–Trinajstić information content (AvgIpc) is 3.20. The first-order chi connectivity index (χ1) is 17.9. The third kappa shape index (κ3) is 3.73. The molecule has 6 atom stereocenters. The minimum Gasteiger partial charge on any atom is -0.504 e. The average molecular weight is 532 g/mol. The monoisotopic (exact) mass is 531 g/mol. The second kappa shape index (κ2) is 8.98. The van der Waals surface area contributed by atoms with Crippen LogP contribution in [0.25, 0.3) is 0 Å². The summed E-state index contributed by atoms with van der Waals surface area (Å²) in [6.45, 7) is 2.79. The van der Waals surface area contributed by atoms with Gasteiger partial charge in [0.1, 0.15) is 5.76 Å². The summed E-state index contributed by atoms with van der Waals surface area (Å²) in [5.41, 5.74) is -0.551. The number of carboxylic acid groups (broad SMARTS) is 1. The number of aliphatic hydroxyl groups is 1. The van der Waals surface area contributed by atoms with E-state index in [-0.39, 0.29) is 29.7 Å². The van der Waals surface area contributed by atoms with Crippen molar-refractivity contribution in [3.63, 3.8) is 0 Å². The van der Waals surface area contributed by atoms with Gasteiger partial charge in [0.2, 0.25) is 6.10 Å². The summed E-state index contributed by atoms with van der Waals surface area (Å²) in [7, 11) is 1.95. The van der Waals surface area contributed by atoms with Gasteiger partial charge in [-0.3, -0.25) is 9.59 Å². The van der Waals surface area contributed by atoms with Crippen molar-refractivity contribution in [1.29, 1.82) is 0 Å². The summed E-state index contributed by atoms with van der Waals surface area (Å²) < 4.78 is 21.5. The van der Waals surface area contributed by atoms with E-state index in [1.807, 2.05) is 13.1 Å². The molecule has 5 rings (SSSR count). The molecule has 1 aromatic rings. The van der Waals surface area contributed by atoms with Crippen LogP contribution < -0.4 is 4.74 Å². The van der Waals surface area contributed by atoms with Gasteiger partial charge in [0.05, 0.1) is 17.4 Å². The fourth-order valence-corrected chi connectivity index (χ4v) is 6.44. The number of piperidine rings is 1. The predicted molar refractivity (Wildman–Crippen MR) is 126 cm³/mol. The Morgan fingerprint density at radius 2 is 1.97 bits per heavy atom. The van der Waals surface area contributed by atoms with Crippen molar-refractivity contribution in [2.24, 2.45) is 0 Å². The van der Waals surface area contributed by atoms with Crippen molar-refractivity contribution in [3.8, 4) is 11.5 Å². The van der Waals surface area contributed by atoms with Crippen molar-refractivity contribution in [1.82, 2.24) is 4.90 Å². The Bertz CT molecular complexity index is 1260. The van der Waals surface area contributed by atoms with E-state index in [2.05, 4.69) is 4.90 Å². The van der Waals surface area contributed by atoms with Crippen LogP contribution >= 0.6 is 0 Å². The molecule has 12 heteroatoms. The minimum atomic E-state index is -1.72. The molecule has 1 spiro atoms. The van der Waals surface area contributed by atoms with Crippen molar-refractivity contribution in [2.45, 2.75) is 74.9 Å². The van der Waals surface area contributed by atoms with Crippen LogP contribution in [0.15, 0.2) is 24.0 Å². The molecule has 2 heterocycles. The first-order valence-corrected chi connectivity index (χ1v) is 12.3. The number of carbonyl (C=O) groups is 4. The summed E-state index contributed by atoms with van der Waals surface area (Å²) >= 11 is 0. The number of esters is 3. The second-order valence-electron chi connectivity index (χ2n) is 10.3. The number of aliphatic carboxylic acids is 1. The molecule has 204 valence electrons. The highest BCUT2D eigenvalue weighted by Crippen LogP contribution is 2.65. The van der Waals surface area contributed by atoms with Gasteiger partial charge in [0.15, 0.2) is 23.7 Å². The van der Waals surface area contributed by atoms with Crippen LogP contribution in [0.5, 0.6) is 11.5 Å². The second-order valence-corrected chi connectivity index (χ2v) is 10.3. The number of hydrogen-bond donors (Lipinski definition) is 3. The molecule has 2 bridgehead atoms. The molecule has 1 saturated heterocycles. The molecule has 3 N–H and O–H groups in total. The Labute approximate surface area is 217 Å². The highest BCUT2D eigenvalue weighted by atomic mass is 16.6. The van der Waals surface area contributed by atoms with Gasteiger partial charge < -0.3 is 39.2 Å². The molecule has 2 aliphatic heterocycles. The summed E-state index contributed by atoms with van der Waals surface area (Å²) in [6, 6.07) is 3.15. The molecule has 1 aromatic carbocycles. The predicted octanol–water partition coefficient (Wildman–Crippen LogP) is 0.551. The van der Waals surface area contributed by atoms with E-state index in [9.17, 15) is 29.4 Å². The Morgan fingerprint density at radius 1 is 1.24 bits per heavy atom. The normalized spacial score (nSPS) is 30.2. The highest BCUT2D eigenvalue weighted by Gasteiger charge is 2.72. The number of hydrogen-bond acceptors (Lipinski definition) is 11. The standard InChI is InChI=1S/C26H29NO11/c1-12(23(31)32)35-24(33)17(36-13(2)28)11-19(30)37-16-6-7-26(34)18-10-14-4-5-15(29)21-20(14)25(26,22(16)38-21)8-9-27(18)3/h4-6,12,17-18,22,29,34H,7-11H2,1-3H3,(H,31,32)/t12-,17-,18-,22-,25-,26+/m0/s1. The number of phenols is 1. The van der Waals surface area contributed by atoms with E-state index < -0.39 is 59.6 Å². The first kappa shape index (κ1) is 26.0. The highest BCUT2D eigenvalue weighted by molar-refractivity contribution is 5.86. The molecular formula is C26H29NO11. The Kier molecular flexibility index (Phi) is 6.14. The quantitative estimate of drug-likeness (QED) is 0.330. The van der Waals surface area contributed by atoms with E-state index in [1.165, 1.54) is 0 Å². The summed E-state index contributed by atoms with van der Waals surface area (Å²) in [5.74, 6) is -4.16. The maximum Gasteiger partial charge on any atom is 0.348 e. The van der Waals surface area contributed by atoms with Crippen LogP contribution in [0.1, 0.15) is 44.2 Å². The minimum absolute atomic E-state index is 0.0804. The topological polar surface area (TPSA) is 169 Å². The lowest BCUT2D eigenvalue weighted by molar-refractivity contribution is -0.179.